The summed E-state index contributed by atoms with van der Waals surface area (Å²) in [6.45, 7) is 8.36. The highest BCUT2D eigenvalue weighted by Crippen LogP contribution is 2.20. The molecular formula is C20H22N4OS. The summed E-state index contributed by atoms with van der Waals surface area (Å²) in [6.07, 6.45) is 6.50. The molecule has 0 spiro atoms. The van der Waals surface area contributed by atoms with Gasteiger partial charge in [0.05, 0.1) is 22.5 Å². The van der Waals surface area contributed by atoms with Gasteiger partial charge in [0.2, 0.25) is 0 Å². The third-order valence-electron chi connectivity index (χ3n) is 4.17. The molecule has 2 heterocycles. The number of rotatable bonds is 4. The first-order valence-electron chi connectivity index (χ1n) is 8.65. The van der Waals surface area contributed by atoms with Crippen LogP contribution in [0.15, 0.2) is 29.3 Å². The molecule has 3 rings (SSSR count). The third kappa shape index (κ3) is 3.35. The van der Waals surface area contributed by atoms with Crippen molar-refractivity contribution in [1.29, 1.82) is 0 Å². The summed E-state index contributed by atoms with van der Waals surface area (Å²) >= 11 is 1.49. The fourth-order valence-corrected chi connectivity index (χ4v) is 3.97. The maximum atomic E-state index is 12.8. The standard InChI is InChI=1S/C20H22N4OS/c1-6-10-23-16-9-8-15(7-2)12-18(16)26-20(23)21-19(25)17-11-14(5)22-24(17)13(3)4/h1,8-9,11-13H,7,10H2,2-5H3. The number of aromatic nitrogens is 3. The Morgan fingerprint density at radius 2 is 2.15 bits per heavy atom. The van der Waals surface area contributed by atoms with Gasteiger partial charge >= 0.3 is 0 Å². The van der Waals surface area contributed by atoms with Crippen LogP contribution in [0.2, 0.25) is 0 Å². The van der Waals surface area contributed by atoms with E-state index in [-0.39, 0.29) is 11.9 Å². The van der Waals surface area contributed by atoms with Crippen molar-refractivity contribution in [2.24, 2.45) is 4.99 Å². The average molecular weight is 366 g/mol. The highest BCUT2D eigenvalue weighted by Gasteiger charge is 2.16. The molecule has 0 fully saturated rings. The zero-order chi connectivity index (χ0) is 18.8. The van der Waals surface area contributed by atoms with Crippen molar-refractivity contribution in [1.82, 2.24) is 14.3 Å². The first kappa shape index (κ1) is 18.2. The van der Waals surface area contributed by atoms with Crippen LogP contribution in [-0.4, -0.2) is 20.3 Å². The highest BCUT2D eigenvalue weighted by atomic mass is 32.1. The number of carbonyl (C=O) groups is 1. The van der Waals surface area contributed by atoms with Crippen LogP contribution in [0, 0.1) is 19.3 Å². The predicted octanol–water partition coefficient (Wildman–Crippen LogP) is 3.73. The van der Waals surface area contributed by atoms with Crippen LogP contribution in [0.4, 0.5) is 0 Å². The Balaban J connectivity index is 2.16. The van der Waals surface area contributed by atoms with Crippen molar-refractivity contribution in [2.75, 3.05) is 0 Å². The zero-order valence-corrected chi connectivity index (χ0v) is 16.3. The largest absolute Gasteiger partial charge is 0.305 e. The van der Waals surface area contributed by atoms with Gasteiger partial charge in [0.1, 0.15) is 5.69 Å². The van der Waals surface area contributed by atoms with Gasteiger partial charge in [-0.3, -0.25) is 9.48 Å². The molecule has 0 N–H and O–H groups in total. The van der Waals surface area contributed by atoms with Crippen molar-refractivity contribution >= 4 is 27.5 Å². The van der Waals surface area contributed by atoms with E-state index in [2.05, 4.69) is 35.1 Å². The Labute approximate surface area is 157 Å². The van der Waals surface area contributed by atoms with E-state index >= 15 is 0 Å². The molecule has 6 heteroatoms. The molecule has 2 aromatic heterocycles. The average Bonchev–Trinajstić information content (AvgIpc) is 3.16. The van der Waals surface area contributed by atoms with Gasteiger partial charge in [-0.25, -0.2) is 0 Å². The lowest BCUT2D eigenvalue weighted by Crippen LogP contribution is -2.18. The molecule has 5 nitrogen and oxygen atoms in total. The summed E-state index contributed by atoms with van der Waals surface area (Å²) in [7, 11) is 0. The molecule has 0 saturated heterocycles. The van der Waals surface area contributed by atoms with Gasteiger partial charge in [0.25, 0.3) is 5.91 Å². The number of hydrogen-bond donors (Lipinski definition) is 0. The normalized spacial score (nSPS) is 12.1. The molecule has 26 heavy (non-hydrogen) atoms. The lowest BCUT2D eigenvalue weighted by atomic mass is 10.2. The van der Waals surface area contributed by atoms with Crippen molar-refractivity contribution in [3.05, 3.63) is 46.0 Å². The van der Waals surface area contributed by atoms with Crippen molar-refractivity contribution in [3.63, 3.8) is 0 Å². The summed E-state index contributed by atoms with van der Waals surface area (Å²) < 4.78 is 4.72. The summed E-state index contributed by atoms with van der Waals surface area (Å²) in [5, 5.41) is 4.40. The van der Waals surface area contributed by atoms with Crippen LogP contribution in [0.5, 0.6) is 0 Å². The summed E-state index contributed by atoms with van der Waals surface area (Å²) in [5.74, 6) is 2.36. The molecule has 0 aliphatic heterocycles. The number of hydrogen-bond acceptors (Lipinski definition) is 3. The first-order valence-corrected chi connectivity index (χ1v) is 9.47. The van der Waals surface area contributed by atoms with E-state index in [0.717, 1.165) is 22.3 Å². The molecule has 0 radical (unpaired) electrons. The topological polar surface area (TPSA) is 52.2 Å². The minimum Gasteiger partial charge on any atom is -0.305 e. The van der Waals surface area contributed by atoms with E-state index in [1.807, 2.05) is 31.4 Å². The molecule has 1 aromatic carbocycles. The van der Waals surface area contributed by atoms with Gasteiger partial charge in [-0.1, -0.05) is 30.2 Å². The second kappa shape index (κ2) is 7.30. The van der Waals surface area contributed by atoms with Crippen molar-refractivity contribution in [3.8, 4) is 12.3 Å². The monoisotopic (exact) mass is 366 g/mol. The molecule has 0 aliphatic carbocycles. The molecule has 0 aliphatic rings. The van der Waals surface area contributed by atoms with Crippen LogP contribution in [0.3, 0.4) is 0 Å². The van der Waals surface area contributed by atoms with Gasteiger partial charge in [0, 0.05) is 6.04 Å². The number of nitrogens with zero attached hydrogens (tertiary/aromatic N) is 4. The number of benzene rings is 1. The van der Waals surface area contributed by atoms with E-state index in [9.17, 15) is 4.79 Å². The number of fused-ring (bicyclic) bond motifs is 1. The van der Waals surface area contributed by atoms with Crippen LogP contribution in [-0.2, 0) is 13.0 Å². The lowest BCUT2D eigenvalue weighted by molar-refractivity contribution is 0.0986. The van der Waals surface area contributed by atoms with Gasteiger partial charge < -0.3 is 4.57 Å². The Kier molecular flexibility index (Phi) is 5.10. The summed E-state index contributed by atoms with van der Waals surface area (Å²) in [6, 6.07) is 8.14. The van der Waals surface area contributed by atoms with Crippen LogP contribution in [0.1, 0.15) is 48.6 Å². The maximum absolute atomic E-state index is 12.8. The fraction of sp³-hybridized carbons (Fsp3) is 0.350. The van der Waals surface area contributed by atoms with Crippen LogP contribution >= 0.6 is 11.3 Å². The Morgan fingerprint density at radius 3 is 2.81 bits per heavy atom. The highest BCUT2D eigenvalue weighted by molar-refractivity contribution is 7.16. The van der Waals surface area contributed by atoms with Crippen molar-refractivity contribution in [2.45, 2.75) is 46.7 Å². The number of carbonyl (C=O) groups excluding carboxylic acids is 1. The van der Waals surface area contributed by atoms with Crippen LogP contribution in [0.25, 0.3) is 10.2 Å². The van der Waals surface area contributed by atoms with Gasteiger partial charge in [-0.15, -0.1) is 6.42 Å². The second-order valence-corrected chi connectivity index (χ2v) is 7.47. The van der Waals surface area contributed by atoms with Gasteiger partial charge in [0.15, 0.2) is 4.80 Å². The lowest BCUT2D eigenvalue weighted by Gasteiger charge is -2.07. The number of thiazole rings is 1. The fourth-order valence-electron chi connectivity index (χ4n) is 2.88. The molecule has 0 bridgehead atoms. The number of terminal acetylenes is 1. The van der Waals surface area contributed by atoms with Crippen molar-refractivity contribution < 1.29 is 4.79 Å². The minimum absolute atomic E-state index is 0.0882. The van der Waals surface area contributed by atoms with E-state index in [1.165, 1.54) is 16.9 Å². The predicted molar refractivity (Wildman–Crippen MR) is 105 cm³/mol. The second-order valence-electron chi connectivity index (χ2n) is 6.46. The SMILES string of the molecule is C#CCn1c(=NC(=O)c2cc(C)nn2C(C)C)sc2cc(CC)ccc21. The molecule has 3 aromatic rings. The minimum atomic E-state index is -0.299. The molecule has 134 valence electrons. The molecule has 0 saturated carbocycles. The van der Waals surface area contributed by atoms with Crippen LogP contribution < -0.4 is 4.80 Å². The molecule has 0 unspecified atom stereocenters. The number of aryl methyl sites for hydroxylation is 2. The quantitative estimate of drug-likeness (QED) is 0.661. The Morgan fingerprint density at radius 1 is 1.38 bits per heavy atom. The summed E-state index contributed by atoms with van der Waals surface area (Å²) in [4.78, 5) is 17.8. The van der Waals surface area contributed by atoms with Gasteiger partial charge in [-0.05, 0) is 51.0 Å². The summed E-state index contributed by atoms with van der Waals surface area (Å²) in [5.41, 5.74) is 3.55. The molecule has 0 atom stereocenters. The van der Waals surface area contributed by atoms with E-state index in [0.29, 0.717) is 17.0 Å². The maximum Gasteiger partial charge on any atom is 0.297 e. The van der Waals surface area contributed by atoms with E-state index < -0.39 is 0 Å². The number of amides is 1. The third-order valence-corrected chi connectivity index (χ3v) is 5.21. The zero-order valence-electron chi connectivity index (χ0n) is 15.5. The molecule has 1 amide bonds. The van der Waals surface area contributed by atoms with Gasteiger partial charge in [-0.2, -0.15) is 10.1 Å². The van der Waals surface area contributed by atoms with E-state index in [1.54, 1.807) is 10.7 Å². The van der Waals surface area contributed by atoms with E-state index in [4.69, 9.17) is 6.42 Å². The Bertz CT molecular complexity index is 1080. The Hall–Kier alpha value is -2.65. The smallest absolute Gasteiger partial charge is 0.297 e. The first-order chi connectivity index (χ1) is 12.4. The molecular weight excluding hydrogens is 344 g/mol.